The van der Waals surface area contributed by atoms with Crippen LogP contribution in [0.5, 0.6) is 0 Å². The molecule has 2 unspecified atom stereocenters. The number of rotatable bonds is 4. The number of nitrogens with two attached hydrogens (primary N) is 1. The third kappa shape index (κ3) is 2.27. The minimum Gasteiger partial charge on any atom is -0.310 e. The molecule has 0 spiro atoms. The fourth-order valence-electron chi connectivity index (χ4n) is 1.48. The second-order valence-corrected chi connectivity index (χ2v) is 15.6. The zero-order chi connectivity index (χ0) is 11.6. The summed E-state index contributed by atoms with van der Waals surface area (Å²) in [6.45, 7) is 16.4. The van der Waals surface area contributed by atoms with Gasteiger partial charge in [-0.3, -0.25) is 0 Å². The lowest BCUT2D eigenvalue weighted by atomic mass is 10.4. The molecule has 0 aromatic rings. The molecular formula is C11H25NP2. The summed E-state index contributed by atoms with van der Waals surface area (Å²) in [6.07, 6.45) is 1.15. The first-order valence-corrected chi connectivity index (χ1v) is 10.4. The Morgan fingerprint density at radius 2 is 1.93 bits per heavy atom. The van der Waals surface area contributed by atoms with E-state index in [1.54, 1.807) is 0 Å². The van der Waals surface area contributed by atoms with Gasteiger partial charge in [0.1, 0.15) is 0 Å². The smallest absolute Gasteiger partial charge is 0.0120 e. The molecule has 0 bridgehead atoms. The van der Waals surface area contributed by atoms with Crippen LogP contribution in [0.25, 0.3) is 0 Å². The molecule has 3 atom stereocenters. The molecule has 3 heteroatoms. The molecule has 84 valence electrons. The van der Waals surface area contributed by atoms with Crippen LogP contribution >= 0.6 is 13.2 Å². The molecule has 0 saturated carbocycles. The first-order valence-electron chi connectivity index (χ1n) is 5.05. The zero-order valence-electron chi connectivity index (χ0n) is 10.2. The van der Waals surface area contributed by atoms with Gasteiger partial charge in [-0.05, 0) is 39.0 Å². The first kappa shape index (κ1) is 14.3. The lowest BCUT2D eigenvalue weighted by molar-refractivity contribution is 0.890. The van der Waals surface area contributed by atoms with E-state index in [0.717, 1.165) is 6.42 Å². The van der Waals surface area contributed by atoms with Crippen LogP contribution in [-0.2, 0) is 0 Å². The van der Waals surface area contributed by atoms with Crippen LogP contribution in [-0.4, -0.2) is 19.0 Å². The Balaban J connectivity index is 5.86. The Hall–Kier alpha value is 0.300. The zero-order valence-corrected chi connectivity index (χ0v) is 12.0. The molecule has 0 aromatic heterocycles. The first-order chi connectivity index (χ1) is 6.24. The number of hydrogen-bond donors (Lipinski definition) is 1. The third-order valence-electron chi connectivity index (χ3n) is 3.51. The molecule has 0 rings (SSSR count). The van der Waals surface area contributed by atoms with Crippen LogP contribution < -0.4 is 5.50 Å². The molecule has 0 saturated heterocycles. The van der Waals surface area contributed by atoms with E-state index in [0.29, 0.717) is 5.66 Å². The maximum atomic E-state index is 6.59. The van der Waals surface area contributed by atoms with E-state index in [-0.39, 0.29) is 0 Å². The van der Waals surface area contributed by atoms with Gasteiger partial charge in [-0.15, -0.1) is 0 Å². The maximum absolute atomic E-state index is 6.59. The lowest BCUT2D eigenvalue weighted by Gasteiger charge is -2.35. The molecule has 14 heavy (non-hydrogen) atoms. The number of hydrogen-bond acceptors (Lipinski definition) is 0. The van der Waals surface area contributed by atoms with Crippen LogP contribution in [0.15, 0.2) is 24.3 Å². The number of allylic oxidation sites excluding steroid dienone is 1. The van der Waals surface area contributed by atoms with Gasteiger partial charge in [-0.25, -0.2) is 0 Å². The van der Waals surface area contributed by atoms with Gasteiger partial charge in [0.05, 0.1) is 0 Å². The average Bonchev–Trinajstić information content (AvgIpc) is 2.14. The standard InChI is InChI=1S/C11H25NP2/c1-8-11(5)14(7,12)13(6,9-2)10(3)4/h9,11H,2-3,8,12H2,1,4-7H3/t11-,13?,14?/m1/s1. The molecule has 0 radical (unpaired) electrons. The van der Waals surface area contributed by atoms with Crippen molar-refractivity contribution in [1.29, 1.82) is 0 Å². The van der Waals surface area contributed by atoms with Gasteiger partial charge in [0.15, 0.2) is 0 Å². The van der Waals surface area contributed by atoms with Gasteiger partial charge in [0.2, 0.25) is 0 Å². The van der Waals surface area contributed by atoms with Crippen LogP contribution in [0.2, 0.25) is 0 Å². The molecule has 0 aliphatic carbocycles. The van der Waals surface area contributed by atoms with Crippen molar-refractivity contribution < 1.29 is 0 Å². The summed E-state index contributed by atoms with van der Waals surface area (Å²) < 4.78 is 0. The Bertz CT molecular complexity index is 309. The molecular weight excluding hydrogens is 208 g/mol. The van der Waals surface area contributed by atoms with Gasteiger partial charge in [-0.2, -0.15) is 0 Å². The predicted octanol–water partition coefficient (Wildman–Crippen LogP) is 4.55. The quantitative estimate of drug-likeness (QED) is 0.708. The predicted molar refractivity (Wildman–Crippen MR) is 74.6 cm³/mol. The van der Waals surface area contributed by atoms with Crippen LogP contribution in [0.3, 0.4) is 0 Å². The van der Waals surface area contributed by atoms with Crippen molar-refractivity contribution in [1.82, 2.24) is 0 Å². The highest BCUT2D eigenvalue weighted by atomic mass is 31.8. The lowest BCUT2D eigenvalue weighted by Crippen LogP contribution is -2.10. The fraction of sp³-hybridized carbons (Fsp3) is 0.636. The molecule has 0 heterocycles. The van der Waals surface area contributed by atoms with E-state index < -0.39 is 13.2 Å². The van der Waals surface area contributed by atoms with Gasteiger partial charge in [0.25, 0.3) is 0 Å². The third-order valence-corrected chi connectivity index (χ3v) is 17.8. The van der Waals surface area contributed by atoms with E-state index in [1.165, 1.54) is 5.31 Å². The summed E-state index contributed by atoms with van der Waals surface area (Å²) in [7, 11) is 0. The van der Waals surface area contributed by atoms with Gasteiger partial charge in [0, 0.05) is 0 Å². The second kappa shape index (κ2) is 4.88. The summed E-state index contributed by atoms with van der Waals surface area (Å²) in [5.41, 5.74) is 7.20. The Morgan fingerprint density at radius 1 is 1.50 bits per heavy atom. The van der Waals surface area contributed by atoms with Crippen molar-refractivity contribution >= 4 is 13.2 Å². The van der Waals surface area contributed by atoms with Crippen LogP contribution in [0.4, 0.5) is 0 Å². The fourth-order valence-corrected chi connectivity index (χ4v) is 10.6. The van der Waals surface area contributed by atoms with Gasteiger partial charge >= 0.3 is 0 Å². The summed E-state index contributed by atoms with van der Waals surface area (Å²) in [6, 6.07) is 0. The molecule has 0 aliphatic rings. The van der Waals surface area contributed by atoms with Crippen molar-refractivity contribution in [2.75, 3.05) is 13.3 Å². The molecule has 0 aliphatic heterocycles. The van der Waals surface area contributed by atoms with Crippen molar-refractivity contribution in [3.05, 3.63) is 24.3 Å². The van der Waals surface area contributed by atoms with E-state index in [2.05, 4.69) is 53.1 Å². The maximum Gasteiger partial charge on any atom is -0.0120 e. The molecule has 1 nitrogen and oxygen atoms in total. The Kier molecular flexibility index (Phi) is 4.99. The highest BCUT2D eigenvalue weighted by molar-refractivity contribution is 8.22. The summed E-state index contributed by atoms with van der Waals surface area (Å²) in [5, 5.41) is 1.24. The highest BCUT2D eigenvalue weighted by Gasteiger charge is 2.24. The second-order valence-electron chi connectivity index (χ2n) is 4.30. The van der Waals surface area contributed by atoms with Crippen molar-refractivity contribution in [2.24, 2.45) is 5.50 Å². The molecule has 2 N–H and O–H groups in total. The Morgan fingerprint density at radius 3 is 2.14 bits per heavy atom. The highest BCUT2D eigenvalue weighted by Crippen LogP contribution is 2.75. The van der Waals surface area contributed by atoms with E-state index >= 15 is 0 Å². The van der Waals surface area contributed by atoms with E-state index in [9.17, 15) is 0 Å². The molecule has 0 amide bonds. The summed E-state index contributed by atoms with van der Waals surface area (Å²) in [5.74, 6) is 2.09. The molecule has 0 fully saturated rings. The van der Waals surface area contributed by atoms with E-state index in [4.69, 9.17) is 5.50 Å². The van der Waals surface area contributed by atoms with Crippen molar-refractivity contribution in [3.8, 4) is 0 Å². The molecule has 0 aromatic carbocycles. The summed E-state index contributed by atoms with van der Waals surface area (Å²) >= 11 is 0. The summed E-state index contributed by atoms with van der Waals surface area (Å²) in [4.78, 5) is 0. The topological polar surface area (TPSA) is 26.0 Å². The Labute approximate surface area is 89.7 Å². The van der Waals surface area contributed by atoms with Crippen LogP contribution in [0.1, 0.15) is 27.2 Å². The van der Waals surface area contributed by atoms with E-state index in [1.807, 2.05) is 0 Å². The van der Waals surface area contributed by atoms with Gasteiger partial charge < -0.3 is 5.50 Å². The monoisotopic (exact) mass is 233 g/mol. The van der Waals surface area contributed by atoms with Crippen LogP contribution in [0, 0.1) is 0 Å². The normalized spacial score (nSPS) is 21.9. The average molecular weight is 233 g/mol. The van der Waals surface area contributed by atoms with Gasteiger partial charge in [-0.1, -0.05) is 44.7 Å². The largest absolute Gasteiger partial charge is 0.310 e. The van der Waals surface area contributed by atoms with Crippen molar-refractivity contribution in [2.45, 2.75) is 32.9 Å². The minimum absolute atomic E-state index is 0.607. The van der Waals surface area contributed by atoms with Crippen molar-refractivity contribution in [3.63, 3.8) is 0 Å². The SMILES string of the molecule is C=CP(C)(C(=C)C)=P(C)(N)[C@H](C)CC. The minimum atomic E-state index is -1.42.